The van der Waals surface area contributed by atoms with Crippen LogP contribution in [0.15, 0.2) is 28.8 Å². The predicted molar refractivity (Wildman–Crippen MR) is 102 cm³/mol. The van der Waals surface area contributed by atoms with Gasteiger partial charge in [0, 0.05) is 16.8 Å². The maximum atomic E-state index is 13.2. The molecule has 0 bridgehead atoms. The molecule has 1 aromatic heterocycles. The number of nitrogens with zero attached hydrogens (tertiary/aromatic N) is 3. The molecule has 0 aliphatic heterocycles. The Morgan fingerprint density at radius 3 is 2.21 bits per heavy atom. The second-order valence-electron chi connectivity index (χ2n) is 6.43. The topological polar surface area (TPSA) is 56.5 Å². The van der Waals surface area contributed by atoms with Crippen LogP contribution in [0.1, 0.15) is 43.3 Å². The van der Waals surface area contributed by atoms with Crippen LogP contribution in [0.25, 0.3) is 5.70 Å². The lowest BCUT2D eigenvalue weighted by atomic mass is 10.1. The monoisotopic (exact) mass is 413 g/mol. The minimum Gasteiger partial charge on any atom is -0.407 e. The fourth-order valence-corrected chi connectivity index (χ4v) is 2.84. The Labute approximate surface area is 165 Å². The highest BCUT2D eigenvalue weighted by atomic mass is 35.5. The van der Waals surface area contributed by atoms with Crippen LogP contribution >= 0.6 is 11.6 Å². The number of carbonyl (C=O) groups excluding carboxylic acids is 1. The molecule has 0 aliphatic carbocycles. The van der Waals surface area contributed by atoms with Crippen LogP contribution in [0.4, 0.5) is 18.9 Å². The standard InChI is InChI=1S/C19H19ClF3N3O2/c1-10(2)13(5)26-15(8-16(25-26)19(21,22)23)18(28-9-27)24-17-11(3)6-14(20)7-12(17)4/h6-9H,1-5H3. The molecule has 2 rings (SSSR count). The SMILES string of the molecule is CC(C)=C(C)n1nc(C(F)(F)F)cc1C(=Nc1c(C)cc(Cl)cc1C)OC=O. The first-order valence-corrected chi connectivity index (χ1v) is 8.61. The van der Waals surface area contributed by atoms with Crippen LogP contribution in [-0.2, 0) is 15.7 Å². The molecule has 0 N–H and O–H groups in total. The first-order valence-electron chi connectivity index (χ1n) is 8.23. The van der Waals surface area contributed by atoms with E-state index in [0.29, 0.717) is 27.5 Å². The average Bonchev–Trinajstić information content (AvgIpc) is 3.01. The quantitative estimate of drug-likeness (QED) is 0.367. The van der Waals surface area contributed by atoms with E-state index < -0.39 is 11.9 Å². The Bertz CT molecular complexity index is 948. The van der Waals surface area contributed by atoms with Crippen LogP contribution in [0.5, 0.6) is 0 Å². The highest BCUT2D eigenvalue weighted by Gasteiger charge is 2.36. The minimum absolute atomic E-state index is 0.0909. The van der Waals surface area contributed by atoms with Crippen molar-refractivity contribution in [1.82, 2.24) is 9.78 Å². The molecule has 1 aromatic carbocycles. The largest absolute Gasteiger partial charge is 0.435 e. The van der Waals surface area contributed by atoms with Crippen molar-refractivity contribution in [3.63, 3.8) is 0 Å². The highest BCUT2D eigenvalue weighted by molar-refractivity contribution is 6.30. The zero-order chi connectivity index (χ0) is 21.2. The molecule has 0 unspecified atom stereocenters. The molecular formula is C19H19ClF3N3O2. The Morgan fingerprint density at radius 1 is 1.18 bits per heavy atom. The van der Waals surface area contributed by atoms with Gasteiger partial charge in [0.15, 0.2) is 5.69 Å². The lowest BCUT2D eigenvalue weighted by Gasteiger charge is -2.12. The normalized spacial score (nSPS) is 12.1. The summed E-state index contributed by atoms with van der Waals surface area (Å²) in [5.74, 6) is -0.299. The summed E-state index contributed by atoms with van der Waals surface area (Å²) in [6.07, 6.45) is -4.67. The molecule has 28 heavy (non-hydrogen) atoms. The number of rotatable bonds is 4. The summed E-state index contributed by atoms with van der Waals surface area (Å²) in [4.78, 5) is 15.3. The number of aromatic nitrogens is 2. The molecule has 0 saturated heterocycles. The van der Waals surface area contributed by atoms with E-state index >= 15 is 0 Å². The molecular weight excluding hydrogens is 395 g/mol. The number of halogens is 4. The summed E-state index contributed by atoms with van der Waals surface area (Å²) in [7, 11) is 0. The fourth-order valence-electron chi connectivity index (χ4n) is 2.51. The van der Waals surface area contributed by atoms with Crippen molar-refractivity contribution in [1.29, 1.82) is 0 Å². The van der Waals surface area contributed by atoms with Gasteiger partial charge in [-0.05, 0) is 57.9 Å². The number of aliphatic imine (C=N–C) groups is 1. The molecule has 1 heterocycles. The second-order valence-corrected chi connectivity index (χ2v) is 6.87. The number of allylic oxidation sites excluding steroid dienone is 2. The molecule has 9 heteroatoms. The minimum atomic E-state index is -4.67. The van der Waals surface area contributed by atoms with E-state index in [1.165, 1.54) is 0 Å². The van der Waals surface area contributed by atoms with Crippen molar-refractivity contribution < 1.29 is 22.7 Å². The van der Waals surface area contributed by atoms with E-state index in [0.717, 1.165) is 16.3 Å². The summed E-state index contributed by atoms with van der Waals surface area (Å²) < 4.78 is 45.7. The third-order valence-corrected chi connectivity index (χ3v) is 4.31. The van der Waals surface area contributed by atoms with Crippen molar-refractivity contribution >= 4 is 35.4 Å². The number of benzene rings is 1. The van der Waals surface area contributed by atoms with E-state index in [9.17, 15) is 18.0 Å². The maximum absolute atomic E-state index is 13.2. The molecule has 0 saturated carbocycles. The van der Waals surface area contributed by atoms with E-state index in [-0.39, 0.29) is 18.1 Å². The molecule has 0 spiro atoms. The summed E-state index contributed by atoms with van der Waals surface area (Å²) in [5.41, 5.74) is 1.79. The molecule has 0 atom stereocenters. The van der Waals surface area contributed by atoms with E-state index in [4.69, 9.17) is 16.3 Å². The van der Waals surface area contributed by atoms with Crippen LogP contribution in [0.2, 0.25) is 5.02 Å². The van der Waals surface area contributed by atoms with Crippen molar-refractivity contribution in [2.75, 3.05) is 0 Å². The number of carbonyl (C=O) groups is 1. The van der Waals surface area contributed by atoms with Gasteiger partial charge in [-0.25, -0.2) is 9.67 Å². The predicted octanol–water partition coefficient (Wildman–Crippen LogP) is 5.69. The summed E-state index contributed by atoms with van der Waals surface area (Å²) >= 11 is 6.01. The number of alkyl halides is 3. The van der Waals surface area contributed by atoms with Gasteiger partial charge in [-0.3, -0.25) is 4.79 Å². The van der Waals surface area contributed by atoms with Crippen molar-refractivity contribution in [3.8, 4) is 0 Å². The maximum Gasteiger partial charge on any atom is 0.435 e. The van der Waals surface area contributed by atoms with Gasteiger partial charge in [0.1, 0.15) is 5.69 Å². The van der Waals surface area contributed by atoms with Crippen LogP contribution in [-0.4, -0.2) is 22.2 Å². The van der Waals surface area contributed by atoms with Gasteiger partial charge >= 0.3 is 6.18 Å². The van der Waals surface area contributed by atoms with Crippen molar-refractivity contribution in [2.45, 2.75) is 40.8 Å². The lowest BCUT2D eigenvalue weighted by molar-refractivity contribution is -0.141. The van der Waals surface area contributed by atoms with Gasteiger partial charge in [-0.15, -0.1) is 0 Å². The zero-order valence-corrected chi connectivity index (χ0v) is 16.7. The van der Waals surface area contributed by atoms with Gasteiger partial charge in [0.05, 0.1) is 5.69 Å². The highest BCUT2D eigenvalue weighted by Crippen LogP contribution is 2.32. The zero-order valence-electron chi connectivity index (χ0n) is 16.0. The molecule has 150 valence electrons. The fraction of sp³-hybridized carbons (Fsp3) is 0.316. The first-order chi connectivity index (χ1) is 13.0. The van der Waals surface area contributed by atoms with Crippen LogP contribution < -0.4 is 0 Å². The molecule has 2 aromatic rings. The lowest BCUT2D eigenvalue weighted by Crippen LogP contribution is -2.13. The third-order valence-electron chi connectivity index (χ3n) is 4.09. The number of ether oxygens (including phenoxy) is 1. The van der Waals surface area contributed by atoms with Gasteiger partial charge in [-0.1, -0.05) is 17.2 Å². The average molecular weight is 414 g/mol. The van der Waals surface area contributed by atoms with Gasteiger partial charge < -0.3 is 4.74 Å². The van der Waals surface area contributed by atoms with Crippen LogP contribution in [0, 0.1) is 13.8 Å². The Balaban J connectivity index is 2.78. The Morgan fingerprint density at radius 2 is 1.75 bits per heavy atom. The van der Waals surface area contributed by atoms with E-state index in [2.05, 4.69) is 10.1 Å². The first kappa shape index (κ1) is 21.7. The van der Waals surface area contributed by atoms with Crippen molar-refractivity contribution in [2.24, 2.45) is 4.99 Å². The summed E-state index contributed by atoms with van der Waals surface area (Å²) in [5, 5.41) is 4.14. The van der Waals surface area contributed by atoms with E-state index in [1.807, 2.05) is 0 Å². The van der Waals surface area contributed by atoms with Gasteiger partial charge in [-0.2, -0.15) is 18.3 Å². The molecule has 0 aliphatic rings. The van der Waals surface area contributed by atoms with E-state index in [1.54, 1.807) is 46.8 Å². The molecule has 0 amide bonds. The van der Waals surface area contributed by atoms with Gasteiger partial charge in [0.2, 0.25) is 5.90 Å². The molecule has 0 fully saturated rings. The van der Waals surface area contributed by atoms with Crippen LogP contribution in [0.3, 0.4) is 0 Å². The smallest absolute Gasteiger partial charge is 0.407 e. The summed E-state index contributed by atoms with van der Waals surface area (Å²) in [6, 6.07) is 4.12. The van der Waals surface area contributed by atoms with Gasteiger partial charge in [0.25, 0.3) is 6.47 Å². The number of hydrogen-bond donors (Lipinski definition) is 0. The summed E-state index contributed by atoms with van der Waals surface area (Å²) in [6.45, 7) is 8.69. The third kappa shape index (κ3) is 4.62. The molecule has 0 radical (unpaired) electrons. The number of aryl methyl sites for hydroxylation is 2. The Hall–Kier alpha value is -2.61. The Kier molecular flexibility index (Phi) is 6.34. The second kappa shape index (κ2) is 8.18. The molecule has 5 nitrogen and oxygen atoms in total. The van der Waals surface area contributed by atoms with Crippen molar-refractivity contribution in [3.05, 3.63) is 51.3 Å². The number of hydrogen-bond acceptors (Lipinski definition) is 4.